The summed E-state index contributed by atoms with van der Waals surface area (Å²) in [6.07, 6.45) is 0.874. The Morgan fingerprint density at radius 1 is 1.35 bits per heavy atom. The molecule has 0 spiro atoms. The van der Waals surface area contributed by atoms with Gasteiger partial charge in [-0.2, -0.15) is 5.10 Å². The fourth-order valence-corrected chi connectivity index (χ4v) is 2.62. The van der Waals surface area contributed by atoms with Crippen LogP contribution in [0.4, 0.5) is 0 Å². The van der Waals surface area contributed by atoms with Crippen LogP contribution in [-0.2, 0) is 0 Å². The Balaban J connectivity index is 2.55. The normalized spacial score (nSPS) is 12.8. The molecular formula is C15H19BrN2O2. The third kappa shape index (κ3) is 2.74. The third-order valence-corrected chi connectivity index (χ3v) is 3.80. The quantitative estimate of drug-likeness (QED) is 0.925. The van der Waals surface area contributed by atoms with Crippen LogP contribution in [-0.4, -0.2) is 22.0 Å². The Kier molecular flexibility index (Phi) is 4.50. The molecule has 2 aromatic rings. The molecule has 0 aliphatic carbocycles. The number of halogens is 1. The second-order valence-corrected chi connectivity index (χ2v) is 5.96. The van der Waals surface area contributed by atoms with Crippen molar-refractivity contribution in [2.24, 2.45) is 0 Å². The van der Waals surface area contributed by atoms with Crippen LogP contribution in [0.3, 0.4) is 0 Å². The summed E-state index contributed by atoms with van der Waals surface area (Å²) in [4.78, 5) is 0. The van der Waals surface area contributed by atoms with Gasteiger partial charge in [0.05, 0.1) is 13.3 Å². The highest BCUT2D eigenvalue weighted by atomic mass is 79.9. The number of rotatable bonds is 4. The highest BCUT2D eigenvalue weighted by molar-refractivity contribution is 9.10. The first-order valence-electron chi connectivity index (χ1n) is 6.51. The van der Waals surface area contributed by atoms with Gasteiger partial charge in [-0.15, -0.1) is 0 Å². The summed E-state index contributed by atoms with van der Waals surface area (Å²) in [6.45, 7) is 6.03. The minimum atomic E-state index is -0.771. The number of aliphatic hydroxyl groups excluding tert-OH is 1. The predicted molar refractivity (Wildman–Crippen MR) is 82.1 cm³/mol. The molecule has 108 valence electrons. The van der Waals surface area contributed by atoms with E-state index < -0.39 is 6.10 Å². The molecule has 2 rings (SSSR count). The summed E-state index contributed by atoms with van der Waals surface area (Å²) in [6, 6.07) is 6.01. The van der Waals surface area contributed by atoms with Crippen molar-refractivity contribution in [3.8, 4) is 5.75 Å². The van der Waals surface area contributed by atoms with E-state index in [9.17, 15) is 5.11 Å². The highest BCUT2D eigenvalue weighted by Gasteiger charge is 2.24. The number of hydrogen-bond donors (Lipinski definition) is 1. The van der Waals surface area contributed by atoms with Crippen molar-refractivity contribution in [3.05, 3.63) is 45.7 Å². The highest BCUT2D eigenvalue weighted by Crippen LogP contribution is 2.34. The molecule has 0 saturated carbocycles. The van der Waals surface area contributed by atoms with Crippen molar-refractivity contribution in [1.29, 1.82) is 0 Å². The largest absolute Gasteiger partial charge is 0.493 e. The minimum Gasteiger partial charge on any atom is -0.493 e. The Hall–Kier alpha value is -1.33. The van der Waals surface area contributed by atoms with Gasteiger partial charge in [-0.05, 0) is 44.0 Å². The summed E-state index contributed by atoms with van der Waals surface area (Å²) >= 11 is 3.45. The summed E-state index contributed by atoms with van der Waals surface area (Å²) in [5, 5.41) is 15.1. The lowest BCUT2D eigenvalue weighted by molar-refractivity contribution is 0.199. The first-order valence-corrected chi connectivity index (χ1v) is 7.30. The monoisotopic (exact) mass is 338 g/mol. The second-order valence-electron chi connectivity index (χ2n) is 5.04. The molecule has 1 atom stereocenters. The molecule has 0 amide bonds. The van der Waals surface area contributed by atoms with E-state index in [1.165, 1.54) is 0 Å². The van der Waals surface area contributed by atoms with Gasteiger partial charge < -0.3 is 9.84 Å². The maximum atomic E-state index is 10.8. The van der Waals surface area contributed by atoms with E-state index in [1.807, 2.05) is 39.0 Å². The van der Waals surface area contributed by atoms with Crippen molar-refractivity contribution in [1.82, 2.24) is 9.78 Å². The number of benzene rings is 1. The van der Waals surface area contributed by atoms with E-state index in [1.54, 1.807) is 18.0 Å². The SMILES string of the molecule is COc1cnn(C(C)C)c1C(O)c1cc(Br)ccc1C. The van der Waals surface area contributed by atoms with Crippen molar-refractivity contribution >= 4 is 15.9 Å². The lowest BCUT2D eigenvalue weighted by Crippen LogP contribution is -2.13. The van der Waals surface area contributed by atoms with Gasteiger partial charge in [0, 0.05) is 10.5 Å². The van der Waals surface area contributed by atoms with Crippen LogP contribution in [0, 0.1) is 6.92 Å². The van der Waals surface area contributed by atoms with E-state index >= 15 is 0 Å². The van der Waals surface area contributed by atoms with E-state index in [-0.39, 0.29) is 6.04 Å². The number of nitrogens with zero attached hydrogens (tertiary/aromatic N) is 2. The fraction of sp³-hybridized carbons (Fsp3) is 0.400. The molecule has 0 saturated heterocycles. The molecule has 0 aliphatic rings. The van der Waals surface area contributed by atoms with Gasteiger partial charge in [0.1, 0.15) is 11.8 Å². The third-order valence-electron chi connectivity index (χ3n) is 3.30. The molecule has 0 fully saturated rings. The Morgan fingerprint density at radius 3 is 2.65 bits per heavy atom. The van der Waals surface area contributed by atoms with Crippen LogP contribution in [0.25, 0.3) is 0 Å². The van der Waals surface area contributed by atoms with Crippen LogP contribution in [0.2, 0.25) is 0 Å². The molecule has 1 heterocycles. The summed E-state index contributed by atoms with van der Waals surface area (Å²) < 4.78 is 8.07. The average Bonchev–Trinajstić information content (AvgIpc) is 2.84. The van der Waals surface area contributed by atoms with E-state index in [0.29, 0.717) is 11.4 Å². The first-order chi connectivity index (χ1) is 9.45. The Labute approximate surface area is 127 Å². The zero-order valence-electron chi connectivity index (χ0n) is 12.1. The Morgan fingerprint density at radius 2 is 2.05 bits per heavy atom. The van der Waals surface area contributed by atoms with Gasteiger partial charge >= 0.3 is 0 Å². The summed E-state index contributed by atoms with van der Waals surface area (Å²) in [5.74, 6) is 0.602. The van der Waals surface area contributed by atoms with Gasteiger partial charge in [-0.1, -0.05) is 22.0 Å². The molecular weight excluding hydrogens is 320 g/mol. The number of ether oxygens (including phenoxy) is 1. The number of aromatic nitrogens is 2. The lowest BCUT2D eigenvalue weighted by Gasteiger charge is -2.19. The molecule has 4 nitrogen and oxygen atoms in total. The average molecular weight is 339 g/mol. The topological polar surface area (TPSA) is 47.3 Å². The van der Waals surface area contributed by atoms with Gasteiger partial charge in [0.25, 0.3) is 0 Å². The van der Waals surface area contributed by atoms with Crippen molar-refractivity contribution in [2.45, 2.75) is 32.9 Å². The number of aliphatic hydroxyl groups is 1. The van der Waals surface area contributed by atoms with Crippen molar-refractivity contribution in [3.63, 3.8) is 0 Å². The molecule has 1 aromatic carbocycles. The fourth-order valence-electron chi connectivity index (χ4n) is 2.24. The maximum absolute atomic E-state index is 10.8. The Bertz CT molecular complexity index is 608. The molecule has 0 aliphatic heterocycles. The molecule has 1 aromatic heterocycles. The minimum absolute atomic E-state index is 0.149. The molecule has 0 radical (unpaired) electrons. The van der Waals surface area contributed by atoms with E-state index in [4.69, 9.17) is 4.74 Å². The second kappa shape index (κ2) is 5.97. The van der Waals surface area contributed by atoms with Gasteiger partial charge in [0.2, 0.25) is 0 Å². The zero-order valence-corrected chi connectivity index (χ0v) is 13.7. The lowest BCUT2D eigenvalue weighted by atomic mass is 10.0. The number of hydrogen-bond acceptors (Lipinski definition) is 3. The van der Waals surface area contributed by atoms with Gasteiger partial charge in [0.15, 0.2) is 5.75 Å². The van der Waals surface area contributed by atoms with E-state index in [2.05, 4.69) is 21.0 Å². The van der Waals surface area contributed by atoms with Crippen molar-refractivity contribution in [2.75, 3.05) is 7.11 Å². The molecule has 20 heavy (non-hydrogen) atoms. The standard InChI is InChI=1S/C15H19BrN2O2/c1-9(2)18-14(13(20-4)8-17-18)15(19)12-7-11(16)6-5-10(12)3/h5-9,15,19H,1-4H3. The van der Waals surface area contributed by atoms with Crippen LogP contribution < -0.4 is 4.74 Å². The number of methoxy groups -OCH3 is 1. The smallest absolute Gasteiger partial charge is 0.163 e. The van der Waals surface area contributed by atoms with Crippen LogP contribution >= 0.6 is 15.9 Å². The molecule has 0 bridgehead atoms. The molecule has 5 heteroatoms. The summed E-state index contributed by atoms with van der Waals surface area (Å²) in [7, 11) is 1.59. The van der Waals surface area contributed by atoms with Crippen LogP contribution in [0.1, 0.15) is 42.8 Å². The van der Waals surface area contributed by atoms with E-state index in [0.717, 1.165) is 15.6 Å². The maximum Gasteiger partial charge on any atom is 0.163 e. The van der Waals surface area contributed by atoms with Crippen molar-refractivity contribution < 1.29 is 9.84 Å². The van der Waals surface area contributed by atoms with Gasteiger partial charge in [-0.3, -0.25) is 4.68 Å². The molecule has 1 unspecified atom stereocenters. The summed E-state index contributed by atoms with van der Waals surface area (Å²) in [5.41, 5.74) is 2.56. The van der Waals surface area contributed by atoms with Crippen LogP contribution in [0.5, 0.6) is 5.75 Å². The zero-order chi connectivity index (χ0) is 14.9. The van der Waals surface area contributed by atoms with Gasteiger partial charge in [-0.25, -0.2) is 0 Å². The predicted octanol–water partition coefficient (Wildman–Crippen LogP) is 3.63. The van der Waals surface area contributed by atoms with Crippen LogP contribution in [0.15, 0.2) is 28.9 Å². The first kappa shape index (κ1) is 15.1. The molecule has 1 N–H and O–H groups in total. The number of aryl methyl sites for hydroxylation is 1.